The van der Waals surface area contributed by atoms with Crippen LogP contribution in [0.15, 0.2) is 18.2 Å². The Hall–Kier alpha value is -1.22. The van der Waals surface area contributed by atoms with Gasteiger partial charge >= 0.3 is 0 Å². The second-order valence-electron chi connectivity index (χ2n) is 4.41. The van der Waals surface area contributed by atoms with Gasteiger partial charge in [0, 0.05) is 6.04 Å². The first-order valence-electron chi connectivity index (χ1n) is 5.91. The summed E-state index contributed by atoms with van der Waals surface area (Å²) in [5, 5.41) is 12.7. The van der Waals surface area contributed by atoms with Crippen molar-refractivity contribution in [1.29, 1.82) is 0 Å². The highest BCUT2D eigenvalue weighted by molar-refractivity contribution is 5.38. The van der Waals surface area contributed by atoms with Crippen LogP contribution in [-0.2, 0) is 0 Å². The maximum absolute atomic E-state index is 9.29. The molecule has 0 spiro atoms. The second kappa shape index (κ2) is 5.21. The Kier molecular flexibility index (Phi) is 3.67. The summed E-state index contributed by atoms with van der Waals surface area (Å²) in [7, 11) is 0. The number of aryl methyl sites for hydroxylation is 1. The molecule has 1 aromatic rings. The predicted octanol–water partition coefficient (Wildman–Crippen LogP) is 2.22. The summed E-state index contributed by atoms with van der Waals surface area (Å²) in [4.78, 5) is 0. The van der Waals surface area contributed by atoms with Crippen LogP contribution >= 0.6 is 0 Å². The Balaban J connectivity index is 1.88. The molecule has 1 aliphatic heterocycles. The van der Waals surface area contributed by atoms with Gasteiger partial charge in [-0.1, -0.05) is 6.42 Å². The molecule has 0 bridgehead atoms. The summed E-state index contributed by atoms with van der Waals surface area (Å²) in [6.45, 7) is 3.76. The van der Waals surface area contributed by atoms with E-state index < -0.39 is 0 Å². The van der Waals surface area contributed by atoms with Crippen LogP contribution in [0.4, 0.5) is 0 Å². The van der Waals surface area contributed by atoms with Crippen LogP contribution in [0.5, 0.6) is 11.5 Å². The van der Waals surface area contributed by atoms with Gasteiger partial charge in [-0.2, -0.15) is 0 Å². The molecule has 2 rings (SSSR count). The third-order valence-electron chi connectivity index (χ3n) is 3.01. The molecule has 2 N–H and O–H groups in total. The van der Waals surface area contributed by atoms with Crippen molar-refractivity contribution >= 4 is 0 Å². The van der Waals surface area contributed by atoms with Crippen LogP contribution in [0.1, 0.15) is 24.8 Å². The van der Waals surface area contributed by atoms with E-state index in [-0.39, 0.29) is 0 Å². The molecular formula is C13H19NO2. The molecule has 1 saturated heterocycles. The minimum atomic E-state index is 0.292. The summed E-state index contributed by atoms with van der Waals surface area (Å²) >= 11 is 0. The molecule has 3 nitrogen and oxygen atoms in total. The zero-order chi connectivity index (χ0) is 11.4. The standard InChI is InChI=1S/C13H19NO2/c1-10-8-12(15)5-6-13(10)16-9-11-4-2-3-7-14-11/h5-6,8,11,14-15H,2-4,7,9H2,1H3. The van der Waals surface area contributed by atoms with E-state index in [0.29, 0.717) is 18.4 Å². The lowest BCUT2D eigenvalue weighted by Crippen LogP contribution is -2.38. The van der Waals surface area contributed by atoms with E-state index in [2.05, 4.69) is 5.32 Å². The van der Waals surface area contributed by atoms with Gasteiger partial charge in [0.15, 0.2) is 0 Å². The number of phenols is 1. The Bertz CT molecular complexity index is 346. The normalized spacial score (nSPS) is 20.7. The number of aromatic hydroxyl groups is 1. The molecule has 0 saturated carbocycles. The Morgan fingerprint density at radius 2 is 2.31 bits per heavy atom. The molecule has 3 heteroatoms. The smallest absolute Gasteiger partial charge is 0.122 e. The van der Waals surface area contributed by atoms with Crippen molar-refractivity contribution in [1.82, 2.24) is 5.32 Å². The summed E-state index contributed by atoms with van der Waals surface area (Å²) in [5.74, 6) is 1.16. The first-order valence-corrected chi connectivity index (χ1v) is 5.91. The number of rotatable bonds is 3. The minimum absolute atomic E-state index is 0.292. The zero-order valence-corrected chi connectivity index (χ0v) is 9.70. The Labute approximate surface area is 96.4 Å². The molecule has 1 aromatic carbocycles. The number of nitrogens with one attached hydrogen (secondary N) is 1. The van der Waals surface area contributed by atoms with Crippen LogP contribution in [0.2, 0.25) is 0 Å². The SMILES string of the molecule is Cc1cc(O)ccc1OCC1CCCCN1. The molecule has 0 aliphatic carbocycles. The number of phenolic OH excluding ortho intramolecular Hbond substituents is 1. The van der Waals surface area contributed by atoms with E-state index in [4.69, 9.17) is 4.74 Å². The lowest BCUT2D eigenvalue weighted by Gasteiger charge is -2.23. The summed E-state index contributed by atoms with van der Waals surface area (Å²) < 4.78 is 5.76. The fourth-order valence-corrected chi connectivity index (χ4v) is 2.05. The highest BCUT2D eigenvalue weighted by Crippen LogP contribution is 2.22. The molecule has 0 radical (unpaired) electrons. The van der Waals surface area contributed by atoms with E-state index in [1.165, 1.54) is 19.3 Å². The molecular weight excluding hydrogens is 202 g/mol. The van der Waals surface area contributed by atoms with Gasteiger partial charge in [-0.3, -0.25) is 0 Å². The minimum Gasteiger partial charge on any atom is -0.508 e. The molecule has 0 amide bonds. The molecule has 16 heavy (non-hydrogen) atoms. The lowest BCUT2D eigenvalue weighted by molar-refractivity contribution is 0.237. The van der Waals surface area contributed by atoms with Crippen LogP contribution in [0.25, 0.3) is 0 Å². The third kappa shape index (κ3) is 2.89. The zero-order valence-electron chi connectivity index (χ0n) is 9.70. The van der Waals surface area contributed by atoms with Gasteiger partial charge in [0.25, 0.3) is 0 Å². The van der Waals surface area contributed by atoms with Gasteiger partial charge < -0.3 is 15.2 Å². The van der Waals surface area contributed by atoms with Crippen molar-refractivity contribution in [3.8, 4) is 11.5 Å². The number of ether oxygens (including phenoxy) is 1. The topological polar surface area (TPSA) is 41.5 Å². The van der Waals surface area contributed by atoms with Gasteiger partial charge in [0.2, 0.25) is 0 Å². The average molecular weight is 221 g/mol. The van der Waals surface area contributed by atoms with Crippen molar-refractivity contribution in [2.75, 3.05) is 13.2 Å². The maximum Gasteiger partial charge on any atom is 0.122 e. The lowest BCUT2D eigenvalue weighted by atomic mass is 10.1. The van der Waals surface area contributed by atoms with E-state index in [0.717, 1.165) is 17.9 Å². The largest absolute Gasteiger partial charge is 0.508 e. The van der Waals surface area contributed by atoms with Gasteiger partial charge in [0.05, 0.1) is 0 Å². The van der Waals surface area contributed by atoms with E-state index >= 15 is 0 Å². The highest BCUT2D eigenvalue weighted by atomic mass is 16.5. The van der Waals surface area contributed by atoms with Gasteiger partial charge in [-0.15, -0.1) is 0 Å². The van der Waals surface area contributed by atoms with Gasteiger partial charge in [0.1, 0.15) is 18.1 Å². The molecule has 1 atom stereocenters. The number of hydrogen-bond acceptors (Lipinski definition) is 3. The first-order chi connectivity index (χ1) is 7.75. The number of hydrogen-bond donors (Lipinski definition) is 2. The molecule has 1 unspecified atom stereocenters. The first kappa shape index (κ1) is 11.3. The van der Waals surface area contributed by atoms with Crippen LogP contribution < -0.4 is 10.1 Å². The summed E-state index contributed by atoms with van der Waals surface area (Å²) in [6.07, 6.45) is 3.75. The quantitative estimate of drug-likeness (QED) is 0.822. The van der Waals surface area contributed by atoms with E-state index in [1.807, 2.05) is 13.0 Å². The Morgan fingerprint density at radius 1 is 1.44 bits per heavy atom. The maximum atomic E-state index is 9.29. The van der Waals surface area contributed by atoms with Crippen LogP contribution in [-0.4, -0.2) is 24.3 Å². The fraction of sp³-hybridized carbons (Fsp3) is 0.538. The summed E-state index contributed by atoms with van der Waals surface area (Å²) in [5.41, 5.74) is 0.982. The van der Waals surface area contributed by atoms with E-state index in [9.17, 15) is 5.11 Å². The van der Waals surface area contributed by atoms with Crippen molar-refractivity contribution in [3.05, 3.63) is 23.8 Å². The Morgan fingerprint density at radius 3 is 3.00 bits per heavy atom. The van der Waals surface area contributed by atoms with Crippen molar-refractivity contribution in [2.45, 2.75) is 32.2 Å². The van der Waals surface area contributed by atoms with E-state index in [1.54, 1.807) is 12.1 Å². The molecule has 1 heterocycles. The fourth-order valence-electron chi connectivity index (χ4n) is 2.05. The molecule has 1 fully saturated rings. The van der Waals surface area contributed by atoms with Crippen LogP contribution in [0, 0.1) is 6.92 Å². The number of piperidine rings is 1. The van der Waals surface area contributed by atoms with Crippen LogP contribution in [0.3, 0.4) is 0 Å². The third-order valence-corrected chi connectivity index (χ3v) is 3.01. The van der Waals surface area contributed by atoms with Crippen molar-refractivity contribution in [2.24, 2.45) is 0 Å². The molecule has 88 valence electrons. The van der Waals surface area contributed by atoms with Gasteiger partial charge in [-0.05, 0) is 50.1 Å². The highest BCUT2D eigenvalue weighted by Gasteiger charge is 2.13. The second-order valence-corrected chi connectivity index (χ2v) is 4.41. The monoisotopic (exact) mass is 221 g/mol. The molecule has 0 aromatic heterocycles. The van der Waals surface area contributed by atoms with Crippen molar-refractivity contribution in [3.63, 3.8) is 0 Å². The average Bonchev–Trinajstić information content (AvgIpc) is 2.29. The summed E-state index contributed by atoms with van der Waals surface area (Å²) in [6, 6.07) is 5.69. The van der Waals surface area contributed by atoms with Crippen molar-refractivity contribution < 1.29 is 9.84 Å². The predicted molar refractivity (Wildman–Crippen MR) is 64.0 cm³/mol. The number of benzene rings is 1. The van der Waals surface area contributed by atoms with Gasteiger partial charge in [-0.25, -0.2) is 0 Å². The molecule has 1 aliphatic rings.